The van der Waals surface area contributed by atoms with Gasteiger partial charge in [0.2, 0.25) is 5.91 Å². The molecule has 2 aromatic carbocycles. The number of carbonyl (C=O) groups excluding carboxylic acids is 2. The average molecular weight is 473 g/mol. The molecule has 2 fully saturated rings. The average Bonchev–Trinajstić information content (AvgIpc) is 3.63. The summed E-state index contributed by atoms with van der Waals surface area (Å²) in [6.45, 7) is 2.03. The molecule has 176 valence electrons. The van der Waals surface area contributed by atoms with Gasteiger partial charge in [0, 0.05) is 19.8 Å². The van der Waals surface area contributed by atoms with Crippen LogP contribution in [0.5, 0.6) is 5.75 Å². The molecule has 0 spiro atoms. The maximum Gasteiger partial charge on any atom is 0.339 e. The van der Waals surface area contributed by atoms with Crippen LogP contribution in [0.25, 0.3) is 0 Å². The first-order valence-electron chi connectivity index (χ1n) is 11.2. The predicted octanol–water partition coefficient (Wildman–Crippen LogP) is 3.45. The van der Waals surface area contributed by atoms with Crippen molar-refractivity contribution in [1.29, 1.82) is 0 Å². The Morgan fingerprint density at radius 2 is 1.79 bits per heavy atom. The van der Waals surface area contributed by atoms with Crippen LogP contribution in [0.3, 0.4) is 0 Å². The number of ether oxygens (including phenoxy) is 3. The molecule has 1 aliphatic carbocycles. The number of amides is 1. The highest BCUT2D eigenvalue weighted by Crippen LogP contribution is 2.47. The van der Waals surface area contributed by atoms with E-state index >= 15 is 0 Å². The van der Waals surface area contributed by atoms with E-state index in [1.54, 1.807) is 12.1 Å². The van der Waals surface area contributed by atoms with E-state index in [0.717, 1.165) is 24.2 Å². The summed E-state index contributed by atoms with van der Waals surface area (Å²) < 4.78 is 16.1. The van der Waals surface area contributed by atoms with Gasteiger partial charge in [0.25, 0.3) is 0 Å². The molecule has 7 nitrogen and oxygen atoms in total. The topological polar surface area (TPSA) is 85.9 Å². The SMILES string of the molecule is COC(=O)c1ccc(C2(NC(=O)C3(NCCOc4ccccc4)CCOCC3)CC2)cc1Cl. The molecule has 1 heterocycles. The lowest BCUT2D eigenvalue weighted by Gasteiger charge is -2.38. The molecule has 0 bridgehead atoms. The van der Waals surface area contributed by atoms with E-state index in [9.17, 15) is 9.59 Å². The van der Waals surface area contributed by atoms with Crippen molar-refractivity contribution < 1.29 is 23.8 Å². The Bertz CT molecular complexity index is 988. The molecule has 2 aromatic rings. The van der Waals surface area contributed by atoms with Crippen LogP contribution in [0.1, 0.15) is 41.6 Å². The fourth-order valence-electron chi connectivity index (χ4n) is 4.22. The molecule has 2 aliphatic rings. The Morgan fingerprint density at radius 3 is 2.42 bits per heavy atom. The number of carbonyl (C=O) groups is 2. The molecule has 1 aliphatic heterocycles. The van der Waals surface area contributed by atoms with Crippen molar-refractivity contribution in [3.63, 3.8) is 0 Å². The van der Waals surface area contributed by atoms with Crippen LogP contribution in [-0.2, 0) is 19.8 Å². The zero-order chi connectivity index (χ0) is 23.3. The summed E-state index contributed by atoms with van der Waals surface area (Å²) in [5, 5.41) is 7.03. The molecule has 0 atom stereocenters. The number of hydrogen-bond donors (Lipinski definition) is 2. The molecule has 4 rings (SSSR count). The van der Waals surface area contributed by atoms with E-state index < -0.39 is 17.0 Å². The van der Waals surface area contributed by atoms with Gasteiger partial charge < -0.3 is 19.5 Å². The van der Waals surface area contributed by atoms with Crippen molar-refractivity contribution in [2.75, 3.05) is 33.5 Å². The largest absolute Gasteiger partial charge is 0.492 e. The monoisotopic (exact) mass is 472 g/mol. The number of hydrogen-bond acceptors (Lipinski definition) is 6. The summed E-state index contributed by atoms with van der Waals surface area (Å²) in [6, 6.07) is 14.8. The molecule has 33 heavy (non-hydrogen) atoms. The van der Waals surface area contributed by atoms with Crippen LogP contribution in [0.4, 0.5) is 0 Å². The predicted molar refractivity (Wildman–Crippen MR) is 125 cm³/mol. The molecule has 8 heteroatoms. The van der Waals surface area contributed by atoms with Crippen molar-refractivity contribution in [3.8, 4) is 5.75 Å². The highest BCUT2D eigenvalue weighted by Gasteiger charge is 2.50. The van der Waals surface area contributed by atoms with Gasteiger partial charge in [0.05, 0.1) is 23.2 Å². The lowest BCUT2D eigenvalue weighted by atomic mass is 9.88. The molecule has 1 amide bonds. The summed E-state index contributed by atoms with van der Waals surface area (Å²) >= 11 is 6.33. The van der Waals surface area contributed by atoms with Crippen LogP contribution in [-0.4, -0.2) is 50.9 Å². The third-order valence-electron chi connectivity index (χ3n) is 6.39. The Hall–Kier alpha value is -2.61. The minimum atomic E-state index is -0.719. The standard InChI is InChI=1S/C25H29ClN2O5/c1-31-22(29)20-8-7-18(17-21(20)26)24(9-10-24)28-23(30)25(11-14-32-15-12-25)27-13-16-33-19-5-3-2-4-6-19/h2-8,17,27H,9-16H2,1H3,(H,28,30). The van der Waals surface area contributed by atoms with E-state index in [2.05, 4.69) is 10.6 Å². The lowest BCUT2D eigenvalue weighted by Crippen LogP contribution is -2.61. The molecule has 0 radical (unpaired) electrons. The fourth-order valence-corrected chi connectivity index (χ4v) is 4.47. The number of esters is 1. The summed E-state index contributed by atoms with van der Waals surface area (Å²) in [5.41, 5.74) is 0.0150. The van der Waals surface area contributed by atoms with Crippen LogP contribution in [0.2, 0.25) is 5.02 Å². The third kappa shape index (κ3) is 5.32. The third-order valence-corrected chi connectivity index (χ3v) is 6.70. The first-order chi connectivity index (χ1) is 16.0. The van der Waals surface area contributed by atoms with Gasteiger partial charge in [0.15, 0.2) is 0 Å². The van der Waals surface area contributed by atoms with Crippen LogP contribution >= 0.6 is 11.6 Å². The highest BCUT2D eigenvalue weighted by atomic mass is 35.5. The summed E-state index contributed by atoms with van der Waals surface area (Å²) in [7, 11) is 1.32. The second-order valence-electron chi connectivity index (χ2n) is 8.51. The van der Waals surface area contributed by atoms with Crippen LogP contribution in [0, 0.1) is 0 Å². The Kier molecular flexibility index (Phi) is 7.22. The number of methoxy groups -OCH3 is 1. The minimum Gasteiger partial charge on any atom is -0.492 e. The van der Waals surface area contributed by atoms with E-state index in [1.165, 1.54) is 7.11 Å². The number of para-hydroxylation sites is 1. The van der Waals surface area contributed by atoms with Crippen molar-refractivity contribution in [2.45, 2.75) is 36.8 Å². The van der Waals surface area contributed by atoms with Gasteiger partial charge in [-0.2, -0.15) is 0 Å². The molecular formula is C25H29ClN2O5. The lowest BCUT2D eigenvalue weighted by molar-refractivity contribution is -0.133. The number of benzene rings is 2. The van der Waals surface area contributed by atoms with E-state index in [4.69, 9.17) is 25.8 Å². The molecule has 1 saturated carbocycles. The van der Waals surface area contributed by atoms with E-state index in [-0.39, 0.29) is 5.91 Å². The van der Waals surface area contributed by atoms with Crippen molar-refractivity contribution in [1.82, 2.24) is 10.6 Å². The Balaban J connectivity index is 1.42. The minimum absolute atomic E-state index is 0.0452. The van der Waals surface area contributed by atoms with Gasteiger partial charge in [-0.25, -0.2) is 4.79 Å². The molecular weight excluding hydrogens is 444 g/mol. The smallest absolute Gasteiger partial charge is 0.339 e. The normalized spacial score (nSPS) is 18.2. The highest BCUT2D eigenvalue weighted by molar-refractivity contribution is 6.33. The number of nitrogens with one attached hydrogen (secondary N) is 2. The fraction of sp³-hybridized carbons (Fsp3) is 0.440. The Morgan fingerprint density at radius 1 is 1.06 bits per heavy atom. The number of halogens is 1. The van der Waals surface area contributed by atoms with Gasteiger partial charge in [-0.05, 0) is 55.5 Å². The number of rotatable bonds is 9. The second-order valence-corrected chi connectivity index (χ2v) is 8.91. The van der Waals surface area contributed by atoms with Gasteiger partial charge in [-0.15, -0.1) is 0 Å². The molecule has 0 unspecified atom stereocenters. The van der Waals surface area contributed by atoms with Gasteiger partial charge in [-0.1, -0.05) is 35.9 Å². The quantitative estimate of drug-likeness (QED) is 0.429. The second kappa shape index (κ2) is 10.1. The van der Waals surface area contributed by atoms with Crippen LogP contribution in [0.15, 0.2) is 48.5 Å². The molecule has 2 N–H and O–H groups in total. The van der Waals surface area contributed by atoms with Crippen molar-refractivity contribution >= 4 is 23.5 Å². The van der Waals surface area contributed by atoms with E-state index in [0.29, 0.717) is 49.8 Å². The van der Waals surface area contributed by atoms with Gasteiger partial charge >= 0.3 is 5.97 Å². The summed E-state index contributed by atoms with van der Waals surface area (Å²) in [5.74, 6) is 0.272. The zero-order valence-electron chi connectivity index (χ0n) is 18.7. The molecule has 1 saturated heterocycles. The van der Waals surface area contributed by atoms with Crippen LogP contribution < -0.4 is 15.4 Å². The van der Waals surface area contributed by atoms with Gasteiger partial charge in [-0.3, -0.25) is 10.1 Å². The summed E-state index contributed by atoms with van der Waals surface area (Å²) in [4.78, 5) is 25.4. The van der Waals surface area contributed by atoms with Crippen molar-refractivity contribution in [3.05, 3.63) is 64.7 Å². The van der Waals surface area contributed by atoms with Gasteiger partial charge in [0.1, 0.15) is 17.9 Å². The maximum absolute atomic E-state index is 13.5. The summed E-state index contributed by atoms with van der Waals surface area (Å²) in [6.07, 6.45) is 2.80. The zero-order valence-corrected chi connectivity index (χ0v) is 19.5. The molecule has 0 aromatic heterocycles. The first-order valence-corrected chi connectivity index (χ1v) is 11.6. The Labute approximate surface area is 198 Å². The maximum atomic E-state index is 13.5. The first kappa shape index (κ1) is 23.5. The van der Waals surface area contributed by atoms with Crippen molar-refractivity contribution in [2.24, 2.45) is 0 Å². The van der Waals surface area contributed by atoms with E-state index in [1.807, 2.05) is 36.4 Å².